The molecule has 4 heteroatoms. The second kappa shape index (κ2) is 7.01. The van der Waals surface area contributed by atoms with Crippen LogP contribution in [0.4, 0.5) is 0 Å². The number of hydrogen-bond acceptors (Lipinski definition) is 3. The van der Waals surface area contributed by atoms with Gasteiger partial charge in [-0.1, -0.05) is 37.6 Å². The number of hydrogen-bond donors (Lipinski definition) is 1. The van der Waals surface area contributed by atoms with Crippen molar-refractivity contribution in [2.45, 2.75) is 44.7 Å². The van der Waals surface area contributed by atoms with Gasteiger partial charge in [0.05, 0.1) is 12.3 Å². The Morgan fingerprint density at radius 1 is 1.30 bits per heavy atom. The molecule has 1 aliphatic heterocycles. The van der Waals surface area contributed by atoms with Gasteiger partial charge in [-0.15, -0.1) is 0 Å². The number of piperidine rings is 1. The van der Waals surface area contributed by atoms with Crippen molar-refractivity contribution in [2.24, 2.45) is 0 Å². The maximum atomic E-state index is 11.7. The molecule has 1 fully saturated rings. The summed E-state index contributed by atoms with van der Waals surface area (Å²) in [5.41, 5.74) is 2.37. The lowest BCUT2D eigenvalue weighted by molar-refractivity contribution is -0.145. The number of furan rings is 1. The van der Waals surface area contributed by atoms with E-state index in [9.17, 15) is 9.90 Å². The van der Waals surface area contributed by atoms with Crippen LogP contribution in [0.1, 0.15) is 49.1 Å². The molecule has 122 valence electrons. The molecule has 0 amide bonds. The molecule has 2 atom stereocenters. The molecule has 2 heterocycles. The third kappa shape index (κ3) is 3.32. The second-order valence-electron chi connectivity index (χ2n) is 6.10. The van der Waals surface area contributed by atoms with Crippen molar-refractivity contribution >= 4 is 5.97 Å². The van der Waals surface area contributed by atoms with Crippen molar-refractivity contribution in [2.75, 3.05) is 6.54 Å². The molecule has 1 aromatic heterocycles. The fraction of sp³-hybridized carbons (Fsp3) is 0.421. The highest BCUT2D eigenvalue weighted by atomic mass is 16.4. The van der Waals surface area contributed by atoms with E-state index in [-0.39, 0.29) is 6.04 Å². The summed E-state index contributed by atoms with van der Waals surface area (Å²) in [6.07, 6.45) is 5.33. The van der Waals surface area contributed by atoms with Crippen LogP contribution >= 0.6 is 0 Å². The molecule has 1 saturated heterocycles. The summed E-state index contributed by atoms with van der Waals surface area (Å²) < 4.78 is 5.65. The molecular formula is C19H23NO3. The van der Waals surface area contributed by atoms with Crippen LogP contribution in [0.25, 0.3) is 0 Å². The van der Waals surface area contributed by atoms with Gasteiger partial charge in [0.25, 0.3) is 0 Å². The number of aryl methyl sites for hydroxylation is 1. The van der Waals surface area contributed by atoms with E-state index in [1.165, 1.54) is 5.56 Å². The van der Waals surface area contributed by atoms with E-state index in [0.717, 1.165) is 37.1 Å². The van der Waals surface area contributed by atoms with Gasteiger partial charge in [0.2, 0.25) is 0 Å². The summed E-state index contributed by atoms with van der Waals surface area (Å²) in [4.78, 5) is 13.8. The maximum Gasteiger partial charge on any atom is 0.320 e. The SMILES string of the molecule is CCc1ccc(C(c2ccco2)N2CCCCC2C(=O)O)cc1. The van der Waals surface area contributed by atoms with Crippen molar-refractivity contribution in [1.82, 2.24) is 4.90 Å². The standard InChI is InChI=1S/C19H23NO3/c1-2-14-8-10-15(11-9-14)18(17-7-5-13-23-17)20-12-4-3-6-16(20)19(21)22/h5,7-11,13,16,18H,2-4,6,12H2,1H3,(H,21,22). The van der Waals surface area contributed by atoms with E-state index in [1.807, 2.05) is 12.1 Å². The Balaban J connectivity index is 1.99. The first-order valence-electron chi connectivity index (χ1n) is 8.31. The van der Waals surface area contributed by atoms with Crippen LogP contribution in [-0.2, 0) is 11.2 Å². The largest absolute Gasteiger partial charge is 0.480 e. The molecule has 1 aliphatic rings. The fourth-order valence-electron chi connectivity index (χ4n) is 3.43. The molecule has 1 N–H and O–H groups in total. The van der Waals surface area contributed by atoms with Crippen molar-refractivity contribution < 1.29 is 14.3 Å². The topological polar surface area (TPSA) is 53.7 Å². The average molecular weight is 313 g/mol. The Bertz CT molecular complexity index is 633. The molecule has 0 aliphatic carbocycles. The van der Waals surface area contributed by atoms with Crippen LogP contribution in [0.2, 0.25) is 0 Å². The number of carbonyl (C=O) groups is 1. The van der Waals surface area contributed by atoms with Crippen LogP contribution in [-0.4, -0.2) is 28.6 Å². The first-order chi connectivity index (χ1) is 11.2. The lowest BCUT2D eigenvalue weighted by Gasteiger charge is -2.38. The zero-order chi connectivity index (χ0) is 16.2. The van der Waals surface area contributed by atoms with Gasteiger partial charge in [0, 0.05) is 6.54 Å². The molecule has 0 bridgehead atoms. The Morgan fingerprint density at radius 3 is 2.70 bits per heavy atom. The van der Waals surface area contributed by atoms with E-state index >= 15 is 0 Å². The van der Waals surface area contributed by atoms with Gasteiger partial charge >= 0.3 is 5.97 Å². The predicted molar refractivity (Wildman–Crippen MR) is 88.4 cm³/mol. The van der Waals surface area contributed by atoms with E-state index in [1.54, 1.807) is 6.26 Å². The fourth-order valence-corrected chi connectivity index (χ4v) is 3.43. The van der Waals surface area contributed by atoms with Gasteiger partial charge in [0.1, 0.15) is 11.8 Å². The van der Waals surface area contributed by atoms with E-state index < -0.39 is 12.0 Å². The molecule has 0 radical (unpaired) electrons. The summed E-state index contributed by atoms with van der Waals surface area (Å²) in [6, 6.07) is 11.6. The van der Waals surface area contributed by atoms with Crippen LogP contribution in [0.3, 0.4) is 0 Å². The average Bonchev–Trinajstić information content (AvgIpc) is 3.10. The first-order valence-corrected chi connectivity index (χ1v) is 8.31. The number of carboxylic acid groups (broad SMARTS) is 1. The van der Waals surface area contributed by atoms with Gasteiger partial charge in [-0.05, 0) is 42.5 Å². The minimum Gasteiger partial charge on any atom is -0.480 e. The summed E-state index contributed by atoms with van der Waals surface area (Å²) in [7, 11) is 0. The van der Waals surface area contributed by atoms with Crippen LogP contribution in [0, 0.1) is 0 Å². The first kappa shape index (κ1) is 15.8. The summed E-state index contributed by atoms with van der Waals surface area (Å²) in [5, 5.41) is 9.61. The lowest BCUT2D eigenvalue weighted by Crippen LogP contribution is -2.46. The number of nitrogens with zero attached hydrogens (tertiary/aromatic N) is 1. The maximum absolute atomic E-state index is 11.7. The Morgan fingerprint density at radius 2 is 2.09 bits per heavy atom. The van der Waals surface area contributed by atoms with Crippen LogP contribution < -0.4 is 0 Å². The van der Waals surface area contributed by atoms with Crippen LogP contribution in [0.5, 0.6) is 0 Å². The Hall–Kier alpha value is -2.07. The van der Waals surface area contributed by atoms with Crippen molar-refractivity contribution in [3.63, 3.8) is 0 Å². The minimum atomic E-state index is -0.744. The number of carboxylic acids is 1. The molecular weight excluding hydrogens is 290 g/mol. The van der Waals surface area contributed by atoms with Crippen molar-refractivity contribution in [3.8, 4) is 0 Å². The number of rotatable bonds is 5. The molecule has 3 rings (SSSR count). The Kier molecular flexibility index (Phi) is 4.82. The van der Waals surface area contributed by atoms with Gasteiger partial charge in [-0.3, -0.25) is 9.69 Å². The number of likely N-dealkylation sites (tertiary alicyclic amines) is 1. The van der Waals surface area contributed by atoms with E-state index in [2.05, 4.69) is 36.1 Å². The molecule has 23 heavy (non-hydrogen) atoms. The normalized spacial score (nSPS) is 20.3. The monoisotopic (exact) mass is 313 g/mol. The zero-order valence-corrected chi connectivity index (χ0v) is 13.4. The van der Waals surface area contributed by atoms with Crippen LogP contribution in [0.15, 0.2) is 47.1 Å². The molecule has 1 aromatic carbocycles. The highest BCUT2D eigenvalue weighted by molar-refractivity contribution is 5.73. The highest BCUT2D eigenvalue weighted by Crippen LogP contribution is 2.34. The highest BCUT2D eigenvalue weighted by Gasteiger charge is 2.36. The molecule has 2 aromatic rings. The third-order valence-corrected chi connectivity index (χ3v) is 4.68. The zero-order valence-electron chi connectivity index (χ0n) is 13.4. The van der Waals surface area contributed by atoms with Crippen molar-refractivity contribution in [3.05, 3.63) is 59.5 Å². The lowest BCUT2D eigenvalue weighted by atomic mass is 9.94. The number of aliphatic carboxylic acids is 1. The Labute approximate surface area is 136 Å². The molecule has 2 unspecified atom stereocenters. The summed E-state index contributed by atoms with van der Waals surface area (Å²) in [5.74, 6) is 0.0637. The summed E-state index contributed by atoms with van der Waals surface area (Å²) >= 11 is 0. The number of benzene rings is 1. The summed E-state index contributed by atoms with van der Waals surface area (Å²) in [6.45, 7) is 2.90. The van der Waals surface area contributed by atoms with Gasteiger partial charge < -0.3 is 9.52 Å². The van der Waals surface area contributed by atoms with E-state index in [0.29, 0.717) is 6.42 Å². The van der Waals surface area contributed by atoms with Gasteiger partial charge in [0.15, 0.2) is 0 Å². The van der Waals surface area contributed by atoms with E-state index in [4.69, 9.17) is 4.42 Å². The second-order valence-corrected chi connectivity index (χ2v) is 6.10. The third-order valence-electron chi connectivity index (χ3n) is 4.68. The van der Waals surface area contributed by atoms with Crippen molar-refractivity contribution in [1.29, 1.82) is 0 Å². The molecule has 0 spiro atoms. The molecule has 0 saturated carbocycles. The quantitative estimate of drug-likeness (QED) is 0.910. The van der Waals surface area contributed by atoms with Gasteiger partial charge in [-0.2, -0.15) is 0 Å². The minimum absolute atomic E-state index is 0.141. The molecule has 4 nitrogen and oxygen atoms in total. The smallest absolute Gasteiger partial charge is 0.320 e. The predicted octanol–water partition coefficient (Wildman–Crippen LogP) is 3.87. The van der Waals surface area contributed by atoms with Gasteiger partial charge in [-0.25, -0.2) is 0 Å².